The molecular formula is C15H24FNO. The van der Waals surface area contributed by atoms with Gasteiger partial charge in [-0.1, -0.05) is 45.4 Å². The SMILES string of the molecule is CCCCCCCCCOc1ccc(F)cc1N. The molecule has 0 fully saturated rings. The van der Waals surface area contributed by atoms with Gasteiger partial charge in [0.2, 0.25) is 0 Å². The number of benzene rings is 1. The Morgan fingerprint density at radius 2 is 1.72 bits per heavy atom. The first-order chi connectivity index (χ1) is 8.74. The van der Waals surface area contributed by atoms with E-state index in [2.05, 4.69) is 6.92 Å². The van der Waals surface area contributed by atoms with Crippen LogP contribution in [0.5, 0.6) is 5.75 Å². The molecule has 0 saturated carbocycles. The molecule has 1 aromatic rings. The number of anilines is 1. The molecule has 0 saturated heterocycles. The van der Waals surface area contributed by atoms with E-state index in [1.54, 1.807) is 6.07 Å². The van der Waals surface area contributed by atoms with Crippen LogP contribution in [0.4, 0.5) is 10.1 Å². The summed E-state index contributed by atoms with van der Waals surface area (Å²) < 4.78 is 18.3. The lowest BCUT2D eigenvalue weighted by Gasteiger charge is -2.08. The highest BCUT2D eigenvalue weighted by atomic mass is 19.1. The van der Waals surface area contributed by atoms with Crippen LogP contribution in [0.15, 0.2) is 18.2 Å². The average Bonchev–Trinajstić information content (AvgIpc) is 2.35. The van der Waals surface area contributed by atoms with Crippen LogP contribution in [-0.2, 0) is 0 Å². The lowest BCUT2D eigenvalue weighted by Crippen LogP contribution is -2.00. The van der Waals surface area contributed by atoms with Gasteiger partial charge < -0.3 is 10.5 Å². The van der Waals surface area contributed by atoms with Crippen molar-refractivity contribution in [3.63, 3.8) is 0 Å². The molecule has 1 rings (SSSR count). The molecule has 0 unspecified atom stereocenters. The van der Waals surface area contributed by atoms with Gasteiger partial charge in [0, 0.05) is 6.07 Å². The summed E-state index contributed by atoms with van der Waals surface area (Å²) in [7, 11) is 0. The summed E-state index contributed by atoms with van der Waals surface area (Å²) in [5.41, 5.74) is 6.03. The van der Waals surface area contributed by atoms with Crippen LogP contribution in [0.2, 0.25) is 0 Å². The standard InChI is InChI=1S/C15H24FNO/c1-2-3-4-5-6-7-8-11-18-15-10-9-13(16)12-14(15)17/h9-10,12H,2-8,11,17H2,1H3. The predicted molar refractivity (Wildman–Crippen MR) is 74.3 cm³/mol. The van der Waals surface area contributed by atoms with Crippen molar-refractivity contribution >= 4 is 5.69 Å². The second-order valence-corrected chi connectivity index (χ2v) is 4.65. The van der Waals surface area contributed by atoms with Crippen LogP contribution >= 0.6 is 0 Å². The fourth-order valence-corrected chi connectivity index (χ4v) is 1.89. The van der Waals surface area contributed by atoms with Crippen molar-refractivity contribution in [3.8, 4) is 5.75 Å². The molecule has 0 heterocycles. The highest BCUT2D eigenvalue weighted by molar-refractivity contribution is 5.52. The molecule has 2 N–H and O–H groups in total. The maximum absolute atomic E-state index is 12.8. The lowest BCUT2D eigenvalue weighted by atomic mass is 10.1. The fourth-order valence-electron chi connectivity index (χ4n) is 1.89. The van der Waals surface area contributed by atoms with Gasteiger partial charge in [-0.25, -0.2) is 4.39 Å². The minimum atomic E-state index is -0.323. The van der Waals surface area contributed by atoms with Gasteiger partial charge in [-0.3, -0.25) is 0 Å². The molecule has 3 heteroatoms. The third kappa shape index (κ3) is 5.89. The van der Waals surface area contributed by atoms with Crippen LogP contribution in [-0.4, -0.2) is 6.61 Å². The van der Waals surface area contributed by atoms with Gasteiger partial charge >= 0.3 is 0 Å². The van der Waals surface area contributed by atoms with Gasteiger partial charge in [0.15, 0.2) is 0 Å². The van der Waals surface area contributed by atoms with E-state index in [1.165, 1.54) is 50.7 Å². The van der Waals surface area contributed by atoms with E-state index in [-0.39, 0.29) is 5.82 Å². The fraction of sp³-hybridized carbons (Fsp3) is 0.600. The van der Waals surface area contributed by atoms with E-state index < -0.39 is 0 Å². The second kappa shape index (κ2) is 8.78. The van der Waals surface area contributed by atoms with Crippen LogP contribution in [0.3, 0.4) is 0 Å². The van der Waals surface area contributed by atoms with E-state index in [4.69, 9.17) is 10.5 Å². The second-order valence-electron chi connectivity index (χ2n) is 4.65. The molecule has 2 nitrogen and oxygen atoms in total. The largest absolute Gasteiger partial charge is 0.491 e. The Labute approximate surface area is 109 Å². The number of nitrogen functional groups attached to an aromatic ring is 1. The molecule has 0 amide bonds. The minimum Gasteiger partial charge on any atom is -0.491 e. The van der Waals surface area contributed by atoms with Crippen LogP contribution in [0.1, 0.15) is 51.9 Å². The quantitative estimate of drug-likeness (QED) is 0.518. The number of nitrogens with two attached hydrogens (primary N) is 1. The number of rotatable bonds is 9. The third-order valence-corrected chi connectivity index (χ3v) is 2.98. The Morgan fingerprint density at radius 1 is 1.06 bits per heavy atom. The molecule has 0 atom stereocenters. The van der Waals surface area contributed by atoms with Gasteiger partial charge in [0.05, 0.1) is 12.3 Å². The van der Waals surface area contributed by atoms with Crippen molar-refractivity contribution in [2.75, 3.05) is 12.3 Å². The highest BCUT2D eigenvalue weighted by Gasteiger charge is 2.01. The molecule has 0 aliphatic carbocycles. The predicted octanol–water partition coefficient (Wildman–Crippen LogP) is 4.54. The molecule has 18 heavy (non-hydrogen) atoms. The van der Waals surface area contributed by atoms with Gasteiger partial charge in [0.1, 0.15) is 11.6 Å². The first kappa shape index (κ1) is 14.8. The monoisotopic (exact) mass is 253 g/mol. The first-order valence-electron chi connectivity index (χ1n) is 6.92. The average molecular weight is 253 g/mol. The molecule has 1 aromatic carbocycles. The van der Waals surface area contributed by atoms with Crippen molar-refractivity contribution in [2.24, 2.45) is 0 Å². The summed E-state index contributed by atoms with van der Waals surface area (Å²) >= 11 is 0. The zero-order valence-electron chi connectivity index (χ0n) is 11.3. The molecule has 102 valence electrons. The summed E-state index contributed by atoms with van der Waals surface area (Å²) in [4.78, 5) is 0. The summed E-state index contributed by atoms with van der Waals surface area (Å²) in [5.74, 6) is 0.262. The van der Waals surface area contributed by atoms with Crippen molar-refractivity contribution in [2.45, 2.75) is 51.9 Å². The molecule has 0 bridgehead atoms. The maximum Gasteiger partial charge on any atom is 0.142 e. The molecule has 0 spiro atoms. The Morgan fingerprint density at radius 3 is 2.39 bits per heavy atom. The third-order valence-electron chi connectivity index (χ3n) is 2.98. The van der Waals surface area contributed by atoms with E-state index in [0.29, 0.717) is 18.0 Å². The van der Waals surface area contributed by atoms with Crippen LogP contribution < -0.4 is 10.5 Å². The summed E-state index contributed by atoms with van der Waals surface area (Å²) in [6.45, 7) is 2.88. The molecule has 0 aliphatic heterocycles. The summed E-state index contributed by atoms with van der Waals surface area (Å²) in [6, 6.07) is 4.25. The molecule has 0 radical (unpaired) electrons. The highest BCUT2D eigenvalue weighted by Crippen LogP contribution is 2.22. The topological polar surface area (TPSA) is 35.2 Å². The maximum atomic E-state index is 12.8. The Kier molecular flexibility index (Phi) is 7.23. The molecular weight excluding hydrogens is 229 g/mol. The number of ether oxygens (including phenoxy) is 1. The summed E-state index contributed by atoms with van der Waals surface area (Å²) in [5, 5.41) is 0. The number of unbranched alkanes of at least 4 members (excludes halogenated alkanes) is 6. The van der Waals surface area contributed by atoms with E-state index >= 15 is 0 Å². The van der Waals surface area contributed by atoms with E-state index in [1.807, 2.05) is 0 Å². The van der Waals surface area contributed by atoms with Gasteiger partial charge in [0.25, 0.3) is 0 Å². The van der Waals surface area contributed by atoms with E-state index in [0.717, 1.165) is 6.42 Å². The van der Waals surface area contributed by atoms with Crippen molar-refractivity contribution < 1.29 is 9.13 Å². The van der Waals surface area contributed by atoms with Gasteiger partial charge in [-0.2, -0.15) is 0 Å². The first-order valence-corrected chi connectivity index (χ1v) is 6.92. The molecule has 0 aliphatic rings. The van der Waals surface area contributed by atoms with Gasteiger partial charge in [-0.15, -0.1) is 0 Å². The van der Waals surface area contributed by atoms with Crippen molar-refractivity contribution in [1.82, 2.24) is 0 Å². The number of halogens is 1. The molecule has 0 aromatic heterocycles. The number of hydrogen-bond donors (Lipinski definition) is 1. The lowest BCUT2D eigenvalue weighted by molar-refractivity contribution is 0.305. The smallest absolute Gasteiger partial charge is 0.142 e. The minimum absolute atomic E-state index is 0.323. The number of hydrogen-bond acceptors (Lipinski definition) is 2. The Bertz CT molecular complexity index is 341. The zero-order valence-corrected chi connectivity index (χ0v) is 11.3. The van der Waals surface area contributed by atoms with Crippen molar-refractivity contribution in [3.05, 3.63) is 24.0 Å². The van der Waals surface area contributed by atoms with Crippen molar-refractivity contribution in [1.29, 1.82) is 0 Å². The Balaban J connectivity index is 2.07. The summed E-state index contributed by atoms with van der Waals surface area (Å²) in [6.07, 6.45) is 8.75. The zero-order chi connectivity index (χ0) is 13.2. The van der Waals surface area contributed by atoms with Crippen LogP contribution in [0.25, 0.3) is 0 Å². The Hall–Kier alpha value is -1.25. The van der Waals surface area contributed by atoms with Gasteiger partial charge in [-0.05, 0) is 18.6 Å². The van der Waals surface area contributed by atoms with Crippen LogP contribution in [0, 0.1) is 5.82 Å². The van der Waals surface area contributed by atoms with E-state index in [9.17, 15) is 4.39 Å². The normalized spacial score (nSPS) is 10.6.